The molecule has 2 atom stereocenters. The Bertz CT molecular complexity index is 2170. The molecule has 0 bridgehead atoms. The van der Waals surface area contributed by atoms with Gasteiger partial charge in [0.15, 0.2) is 6.10 Å². The van der Waals surface area contributed by atoms with E-state index in [1.807, 2.05) is 21.1 Å². The lowest BCUT2D eigenvalue weighted by Gasteiger charge is -2.28. The maximum Gasteiger partial charge on any atom is 0.306 e. The minimum Gasteiger partial charge on any atom is -0.756 e. The number of ether oxygens (including phenoxy) is 2. The predicted molar refractivity (Wildman–Crippen MR) is 387 cm³/mol. The van der Waals surface area contributed by atoms with Crippen molar-refractivity contribution in [2.24, 2.45) is 0 Å². The van der Waals surface area contributed by atoms with E-state index in [2.05, 4.69) is 196 Å². The first-order valence-corrected chi connectivity index (χ1v) is 37.0. The topological polar surface area (TPSA) is 111 Å². The van der Waals surface area contributed by atoms with E-state index in [4.69, 9.17) is 18.5 Å². The van der Waals surface area contributed by atoms with Crippen molar-refractivity contribution in [1.29, 1.82) is 0 Å². The number of rotatable bonds is 63. The summed E-state index contributed by atoms with van der Waals surface area (Å²) < 4.78 is 34.3. The lowest BCUT2D eigenvalue weighted by atomic mass is 10.0. The normalized spacial score (nSPS) is 14.2. The summed E-state index contributed by atoms with van der Waals surface area (Å²) >= 11 is 0. The summed E-state index contributed by atoms with van der Waals surface area (Å²) in [6.45, 7) is 3.96. The lowest BCUT2D eigenvalue weighted by molar-refractivity contribution is -0.870. The molecule has 0 radical (unpaired) electrons. The zero-order valence-corrected chi connectivity index (χ0v) is 58.7. The number of unbranched alkanes of at least 4 members (excludes halogenated alkanes) is 19. The van der Waals surface area contributed by atoms with E-state index < -0.39 is 32.5 Å². The Kier molecular flexibility index (Phi) is 64.8. The van der Waals surface area contributed by atoms with Gasteiger partial charge in [0.2, 0.25) is 0 Å². The van der Waals surface area contributed by atoms with Crippen molar-refractivity contribution in [3.63, 3.8) is 0 Å². The van der Waals surface area contributed by atoms with Crippen LogP contribution in [0.3, 0.4) is 0 Å². The standard InChI is InChI=1S/C80H130NO8P/c1-6-8-10-12-14-16-18-20-22-24-26-28-30-32-33-34-35-36-37-38-39-40-41-42-43-44-45-46-47-49-51-53-55-57-59-61-63-65-67-69-71-73-80(83)89-78(77-88-90(84,85)87-75-74-81(3,4)5)76-86-79(82)72-70-68-66-64-62-60-58-56-54-52-50-48-31-29-27-25-23-21-19-17-15-13-11-9-7-2/h8-11,14-17,20-23,26-29,32-33,35-36,38-39,41-42,48,50,54,56,60,62,78H,6-7,12-13,18-19,24-25,30-31,34,37,40,43-47,49,51-53,55,57-59,61,63-77H2,1-5H3/b10-8-,11-9-,16-14-,17-15-,22-20-,23-21-,28-26-,29-27-,33-32-,36-35-,39-38-,42-41-,50-48-,56-54-,62-60-. The summed E-state index contributed by atoms with van der Waals surface area (Å²) in [4.78, 5) is 38.1. The lowest BCUT2D eigenvalue weighted by Crippen LogP contribution is -2.37. The van der Waals surface area contributed by atoms with Crippen LogP contribution in [-0.2, 0) is 32.7 Å². The Hall–Kier alpha value is -4.89. The molecule has 0 aromatic rings. The van der Waals surface area contributed by atoms with Crippen molar-refractivity contribution in [3.8, 4) is 0 Å². The van der Waals surface area contributed by atoms with Gasteiger partial charge in [0.1, 0.15) is 19.8 Å². The third-order valence-electron chi connectivity index (χ3n) is 14.4. The summed E-state index contributed by atoms with van der Waals surface area (Å²) in [6, 6.07) is 0. The third kappa shape index (κ3) is 72.2. The van der Waals surface area contributed by atoms with Crippen LogP contribution in [0.1, 0.15) is 258 Å². The van der Waals surface area contributed by atoms with Crippen LogP contribution < -0.4 is 4.89 Å². The van der Waals surface area contributed by atoms with Crippen molar-refractivity contribution in [1.82, 2.24) is 0 Å². The Morgan fingerprint density at radius 2 is 0.600 bits per heavy atom. The molecule has 10 heteroatoms. The van der Waals surface area contributed by atoms with Crippen LogP contribution in [0.25, 0.3) is 0 Å². The van der Waals surface area contributed by atoms with Crippen LogP contribution in [0.15, 0.2) is 182 Å². The minimum absolute atomic E-state index is 0.0450. The molecule has 0 heterocycles. The highest BCUT2D eigenvalue weighted by molar-refractivity contribution is 7.45. The summed E-state index contributed by atoms with van der Waals surface area (Å²) in [5, 5.41) is 0. The molecule has 0 aromatic heterocycles. The molecule has 0 spiro atoms. The molecule has 0 fully saturated rings. The Morgan fingerprint density at radius 1 is 0.344 bits per heavy atom. The first-order chi connectivity index (χ1) is 44.0. The highest BCUT2D eigenvalue weighted by Crippen LogP contribution is 2.38. The van der Waals surface area contributed by atoms with E-state index in [1.54, 1.807) is 0 Å². The minimum atomic E-state index is -4.66. The van der Waals surface area contributed by atoms with Gasteiger partial charge in [-0.05, 0) is 135 Å². The number of hydrogen-bond acceptors (Lipinski definition) is 8. The average Bonchev–Trinajstić information content (AvgIpc) is 3.62. The SMILES string of the molecule is CC/C=C\C/C=C\C/C=C\C/C=C\C/C=C\C/C=C\C/C=C\C/C=C\CCCCCCCCCCCCCCCCCCC(=O)OC(COC(=O)CCCCC/C=C\C/C=C\C/C=C\C/C=C\C/C=C\C/C=C\C/C=C\CC)COP(=O)([O-])OCC[N+](C)(C)C. The van der Waals surface area contributed by atoms with Gasteiger partial charge < -0.3 is 27.9 Å². The largest absolute Gasteiger partial charge is 0.756 e. The van der Waals surface area contributed by atoms with Gasteiger partial charge in [0, 0.05) is 12.8 Å². The molecular formula is C80H130NO8P. The molecule has 0 aromatic carbocycles. The van der Waals surface area contributed by atoms with Crippen molar-refractivity contribution < 1.29 is 42.1 Å². The highest BCUT2D eigenvalue weighted by atomic mass is 31.2. The second-order valence-electron chi connectivity index (χ2n) is 24.1. The maximum atomic E-state index is 12.9. The van der Waals surface area contributed by atoms with E-state index >= 15 is 0 Å². The van der Waals surface area contributed by atoms with Gasteiger partial charge in [0.25, 0.3) is 7.82 Å². The number of carbonyl (C=O) groups excluding carboxylic acids is 2. The summed E-state index contributed by atoms with van der Waals surface area (Å²) in [7, 11) is 1.13. The van der Waals surface area contributed by atoms with E-state index in [0.717, 1.165) is 135 Å². The number of hydrogen-bond donors (Lipinski definition) is 0. The van der Waals surface area contributed by atoms with Crippen LogP contribution in [-0.4, -0.2) is 70.0 Å². The molecule has 508 valence electrons. The zero-order chi connectivity index (χ0) is 65.5. The van der Waals surface area contributed by atoms with Crippen LogP contribution in [0.4, 0.5) is 0 Å². The van der Waals surface area contributed by atoms with Crippen LogP contribution >= 0.6 is 7.82 Å². The molecule has 0 amide bonds. The third-order valence-corrected chi connectivity index (χ3v) is 15.4. The van der Waals surface area contributed by atoms with E-state index in [9.17, 15) is 19.0 Å². The van der Waals surface area contributed by atoms with Gasteiger partial charge in [-0.25, -0.2) is 0 Å². The van der Waals surface area contributed by atoms with Crippen LogP contribution in [0.2, 0.25) is 0 Å². The van der Waals surface area contributed by atoms with Crippen LogP contribution in [0.5, 0.6) is 0 Å². The van der Waals surface area contributed by atoms with Gasteiger partial charge in [-0.3, -0.25) is 14.2 Å². The summed E-state index contributed by atoms with van der Waals surface area (Å²) in [5.74, 6) is -0.880. The fraction of sp³-hybridized carbons (Fsp3) is 0.600. The first kappa shape index (κ1) is 85.1. The molecule has 0 N–H and O–H groups in total. The molecule has 0 rings (SSSR count). The number of quaternary nitrogens is 1. The number of carbonyl (C=O) groups is 2. The molecule has 0 aliphatic rings. The van der Waals surface area contributed by atoms with Crippen molar-refractivity contribution >= 4 is 19.8 Å². The molecule has 2 unspecified atom stereocenters. The first-order valence-electron chi connectivity index (χ1n) is 35.5. The molecule has 0 aliphatic carbocycles. The number of nitrogens with zero attached hydrogens (tertiary/aromatic N) is 1. The van der Waals surface area contributed by atoms with Gasteiger partial charge in [-0.15, -0.1) is 0 Å². The number of likely N-dealkylation sites (N-methyl/N-ethyl adjacent to an activating group) is 1. The summed E-state index contributed by atoms with van der Waals surface area (Å²) in [5.41, 5.74) is 0. The molecular weight excluding hydrogens is 1130 g/mol. The number of esters is 2. The number of phosphoric acid groups is 1. The monoisotopic (exact) mass is 1260 g/mol. The van der Waals surface area contributed by atoms with Crippen LogP contribution in [0, 0.1) is 0 Å². The molecule has 0 saturated heterocycles. The Balaban J connectivity index is 4.10. The molecule has 90 heavy (non-hydrogen) atoms. The number of allylic oxidation sites excluding steroid dienone is 30. The van der Waals surface area contributed by atoms with E-state index in [-0.39, 0.29) is 26.1 Å². The predicted octanol–water partition coefficient (Wildman–Crippen LogP) is 22.9. The fourth-order valence-electron chi connectivity index (χ4n) is 9.06. The van der Waals surface area contributed by atoms with Gasteiger partial charge in [-0.2, -0.15) is 0 Å². The molecule has 0 saturated carbocycles. The van der Waals surface area contributed by atoms with Crippen molar-refractivity contribution in [3.05, 3.63) is 182 Å². The Morgan fingerprint density at radius 3 is 0.900 bits per heavy atom. The van der Waals surface area contributed by atoms with E-state index in [0.29, 0.717) is 23.9 Å². The second kappa shape index (κ2) is 68.5. The maximum absolute atomic E-state index is 12.9. The number of phosphoric ester groups is 1. The fourth-order valence-corrected chi connectivity index (χ4v) is 9.79. The van der Waals surface area contributed by atoms with Gasteiger partial charge in [-0.1, -0.05) is 292 Å². The van der Waals surface area contributed by atoms with Gasteiger partial charge in [0.05, 0.1) is 27.7 Å². The van der Waals surface area contributed by atoms with E-state index in [1.165, 1.54) is 83.5 Å². The van der Waals surface area contributed by atoms with Gasteiger partial charge >= 0.3 is 11.9 Å². The second-order valence-corrected chi connectivity index (χ2v) is 25.5. The van der Waals surface area contributed by atoms with Crippen molar-refractivity contribution in [2.45, 2.75) is 264 Å². The Labute approximate surface area is 552 Å². The smallest absolute Gasteiger partial charge is 0.306 e. The zero-order valence-electron chi connectivity index (χ0n) is 57.8. The van der Waals surface area contributed by atoms with Crippen molar-refractivity contribution in [2.75, 3.05) is 47.5 Å². The summed E-state index contributed by atoms with van der Waals surface area (Å²) in [6.07, 6.45) is 105. The highest BCUT2D eigenvalue weighted by Gasteiger charge is 2.22. The molecule has 0 aliphatic heterocycles. The average molecular weight is 1260 g/mol. The molecule has 9 nitrogen and oxygen atoms in total. The quantitative estimate of drug-likeness (QED) is 0.0195.